The van der Waals surface area contributed by atoms with Crippen molar-refractivity contribution < 1.29 is 22.1 Å². The summed E-state index contributed by atoms with van der Waals surface area (Å²) in [6, 6.07) is 0. The molecular formula is C8H13F3O2S2. The van der Waals surface area contributed by atoms with Gasteiger partial charge in [-0.3, -0.25) is 0 Å². The van der Waals surface area contributed by atoms with E-state index in [1.165, 1.54) is 11.8 Å². The van der Waals surface area contributed by atoms with Gasteiger partial charge in [0.05, 0.1) is 5.08 Å². The van der Waals surface area contributed by atoms with Crippen LogP contribution in [0, 0.1) is 0 Å². The highest BCUT2D eigenvalue weighted by Crippen LogP contribution is 2.57. The molecule has 0 spiro atoms. The van der Waals surface area contributed by atoms with Gasteiger partial charge in [0.15, 0.2) is 0 Å². The van der Waals surface area contributed by atoms with Gasteiger partial charge in [-0.1, -0.05) is 10.3 Å². The number of hydrogen-bond acceptors (Lipinski definition) is 3. The van der Waals surface area contributed by atoms with Gasteiger partial charge >= 0.3 is 12.1 Å². The average Bonchev–Trinajstić information content (AvgIpc) is 2.52. The van der Waals surface area contributed by atoms with Crippen LogP contribution in [0.1, 0.15) is 12.8 Å². The lowest BCUT2D eigenvalue weighted by Gasteiger charge is -2.33. The smallest absolute Gasteiger partial charge is 0.408 e. The summed E-state index contributed by atoms with van der Waals surface area (Å²) < 4.78 is 40.8. The fourth-order valence-electron chi connectivity index (χ4n) is 1.48. The van der Waals surface area contributed by atoms with Crippen LogP contribution in [-0.4, -0.2) is 35.0 Å². The Kier molecular flexibility index (Phi) is 4.22. The first kappa shape index (κ1) is 13.0. The zero-order valence-electron chi connectivity index (χ0n) is 8.30. The second-order valence-corrected chi connectivity index (χ2v) is 7.79. The minimum Gasteiger partial charge on any atom is -0.408 e. The van der Waals surface area contributed by atoms with E-state index in [4.69, 9.17) is 4.18 Å². The summed E-state index contributed by atoms with van der Waals surface area (Å²) in [5.74, 6) is -0.779. The third-order valence-corrected chi connectivity index (χ3v) is 7.33. The molecule has 0 radical (unpaired) electrons. The van der Waals surface area contributed by atoms with Crippen LogP contribution in [0.15, 0.2) is 0 Å². The van der Waals surface area contributed by atoms with Gasteiger partial charge < -0.3 is 4.18 Å². The predicted octanol–water partition coefficient (Wildman–Crippen LogP) is 2.93. The average molecular weight is 262 g/mol. The van der Waals surface area contributed by atoms with Crippen LogP contribution < -0.4 is 0 Å². The Morgan fingerprint density at radius 2 is 1.93 bits per heavy atom. The highest BCUT2D eigenvalue weighted by molar-refractivity contribution is 8.36. The van der Waals surface area contributed by atoms with Crippen LogP contribution >= 0.6 is 22.1 Å². The van der Waals surface area contributed by atoms with Gasteiger partial charge in [0.1, 0.15) is 0 Å². The summed E-state index contributed by atoms with van der Waals surface area (Å²) in [5, 5.41) is 0.523. The van der Waals surface area contributed by atoms with Gasteiger partial charge in [0.25, 0.3) is 0 Å². The molecule has 1 aliphatic rings. The molecule has 0 bridgehead atoms. The maximum absolute atomic E-state index is 12.0. The molecule has 1 fully saturated rings. The van der Waals surface area contributed by atoms with Crippen molar-refractivity contribution in [3.05, 3.63) is 0 Å². The molecule has 0 aliphatic carbocycles. The third-order valence-electron chi connectivity index (χ3n) is 2.10. The van der Waals surface area contributed by atoms with Crippen molar-refractivity contribution >= 4 is 28.0 Å². The molecule has 0 amide bonds. The van der Waals surface area contributed by atoms with E-state index in [0.29, 0.717) is 16.6 Å². The first-order chi connectivity index (χ1) is 6.90. The van der Waals surface area contributed by atoms with Crippen LogP contribution in [0.25, 0.3) is 0 Å². The molecule has 0 atom stereocenters. The summed E-state index contributed by atoms with van der Waals surface area (Å²) in [4.78, 5) is 10.8. The Labute approximate surface area is 92.5 Å². The molecule has 0 aromatic rings. The molecular weight excluding hydrogens is 249 g/mol. The lowest BCUT2D eigenvalue weighted by Crippen LogP contribution is -2.28. The van der Waals surface area contributed by atoms with Crippen molar-refractivity contribution in [2.75, 3.05) is 22.8 Å². The number of hydrogen-bond donors (Lipinski definition) is 0. The largest absolute Gasteiger partial charge is 0.491 e. The SMILES string of the molecule is CSCS1(OC(=O)C(F)(F)F)CCCC1. The van der Waals surface area contributed by atoms with Crippen molar-refractivity contribution in [2.24, 2.45) is 0 Å². The molecule has 1 saturated heterocycles. The van der Waals surface area contributed by atoms with E-state index in [-0.39, 0.29) is 0 Å². The third kappa shape index (κ3) is 3.48. The Balaban J connectivity index is 2.63. The molecule has 2 nitrogen and oxygen atoms in total. The molecule has 7 heteroatoms. The van der Waals surface area contributed by atoms with Crippen LogP contribution in [0.2, 0.25) is 0 Å². The van der Waals surface area contributed by atoms with E-state index in [1.54, 1.807) is 0 Å². The van der Waals surface area contributed by atoms with Gasteiger partial charge in [0.2, 0.25) is 0 Å². The van der Waals surface area contributed by atoms with Gasteiger partial charge in [-0.2, -0.15) is 24.9 Å². The van der Waals surface area contributed by atoms with Crippen LogP contribution in [0.3, 0.4) is 0 Å². The molecule has 15 heavy (non-hydrogen) atoms. The standard InChI is InChI=1S/C8H13F3O2S2/c1-14-6-15(4-2-3-5-15)13-7(12)8(9,10)11/h2-6H2,1H3. The second kappa shape index (κ2) is 4.86. The number of carbonyl (C=O) groups excluding carboxylic acids is 1. The maximum Gasteiger partial charge on any atom is 0.491 e. The number of rotatable bonds is 3. The monoisotopic (exact) mass is 262 g/mol. The Bertz CT molecular complexity index is 237. The van der Waals surface area contributed by atoms with Gasteiger partial charge in [-0.25, -0.2) is 4.79 Å². The molecule has 0 aromatic heterocycles. The van der Waals surface area contributed by atoms with Crippen LogP contribution in [0.5, 0.6) is 0 Å². The highest BCUT2D eigenvalue weighted by atomic mass is 32.3. The lowest BCUT2D eigenvalue weighted by atomic mass is 10.4. The molecule has 1 aliphatic heterocycles. The zero-order chi connectivity index (χ0) is 11.5. The van der Waals surface area contributed by atoms with Crippen molar-refractivity contribution in [3.8, 4) is 0 Å². The Hall–Kier alpha value is -0.0400. The van der Waals surface area contributed by atoms with Crippen LogP contribution in [-0.2, 0) is 8.98 Å². The maximum atomic E-state index is 12.0. The first-order valence-electron chi connectivity index (χ1n) is 4.45. The van der Waals surface area contributed by atoms with Crippen LogP contribution in [0.4, 0.5) is 13.2 Å². The van der Waals surface area contributed by atoms with E-state index < -0.39 is 22.5 Å². The first-order valence-corrected chi connectivity index (χ1v) is 7.91. The summed E-state index contributed by atoms with van der Waals surface area (Å²) in [6.07, 6.45) is -1.32. The van der Waals surface area contributed by atoms with E-state index in [1.807, 2.05) is 6.26 Å². The number of halogens is 3. The summed E-state index contributed by atoms with van der Waals surface area (Å²) >= 11 is 1.44. The summed E-state index contributed by atoms with van der Waals surface area (Å²) in [6.45, 7) is 0. The predicted molar refractivity (Wildman–Crippen MR) is 57.1 cm³/mol. The zero-order valence-corrected chi connectivity index (χ0v) is 9.94. The van der Waals surface area contributed by atoms with E-state index in [2.05, 4.69) is 0 Å². The minimum atomic E-state index is -4.86. The molecule has 90 valence electrons. The van der Waals surface area contributed by atoms with Crippen molar-refractivity contribution in [2.45, 2.75) is 19.0 Å². The van der Waals surface area contributed by atoms with E-state index >= 15 is 0 Å². The number of thioether (sulfide) groups is 1. The van der Waals surface area contributed by atoms with E-state index in [0.717, 1.165) is 12.8 Å². The number of carbonyl (C=O) groups is 1. The topological polar surface area (TPSA) is 26.3 Å². The molecule has 0 saturated carbocycles. The lowest BCUT2D eigenvalue weighted by molar-refractivity contribution is -0.188. The molecule has 1 rings (SSSR count). The van der Waals surface area contributed by atoms with E-state index in [9.17, 15) is 18.0 Å². The normalized spacial score (nSPS) is 22.4. The van der Waals surface area contributed by atoms with Crippen molar-refractivity contribution in [1.29, 1.82) is 0 Å². The second-order valence-electron chi connectivity index (χ2n) is 3.36. The Morgan fingerprint density at radius 3 is 2.33 bits per heavy atom. The molecule has 0 aromatic carbocycles. The number of alkyl halides is 3. The summed E-state index contributed by atoms with van der Waals surface area (Å²) in [7, 11) is -1.80. The Morgan fingerprint density at radius 1 is 1.40 bits per heavy atom. The van der Waals surface area contributed by atoms with Crippen molar-refractivity contribution in [3.63, 3.8) is 0 Å². The molecule has 0 N–H and O–H groups in total. The van der Waals surface area contributed by atoms with Crippen molar-refractivity contribution in [1.82, 2.24) is 0 Å². The molecule has 0 unspecified atom stereocenters. The van der Waals surface area contributed by atoms with Gasteiger partial charge in [-0.05, 0) is 19.1 Å². The minimum absolute atomic E-state index is 0.523. The quantitative estimate of drug-likeness (QED) is 0.782. The van der Waals surface area contributed by atoms with Gasteiger partial charge in [0, 0.05) is 11.5 Å². The highest BCUT2D eigenvalue weighted by Gasteiger charge is 2.45. The fraction of sp³-hybridized carbons (Fsp3) is 0.875. The molecule has 1 heterocycles. The fourth-order valence-corrected chi connectivity index (χ4v) is 6.58. The van der Waals surface area contributed by atoms with Gasteiger partial charge in [-0.15, -0.1) is 0 Å². The summed E-state index contributed by atoms with van der Waals surface area (Å²) in [5.41, 5.74) is 0.